The quantitative estimate of drug-likeness (QED) is 0.812. The van der Waals surface area contributed by atoms with E-state index in [1.54, 1.807) is 0 Å². The molecule has 6 heteroatoms. The highest BCUT2D eigenvalue weighted by molar-refractivity contribution is 5.73. The number of carboxylic acid groups (broad SMARTS) is 1. The van der Waals surface area contributed by atoms with Crippen LogP contribution in [0.15, 0.2) is 18.2 Å². The summed E-state index contributed by atoms with van der Waals surface area (Å²) in [5, 5.41) is 17.7. The maximum atomic E-state index is 10.9. The fourth-order valence-electron chi connectivity index (χ4n) is 1.29. The normalized spacial score (nSPS) is 11.4. The number of nitrogens with zero attached hydrogens (tertiary/aromatic N) is 1. The smallest absolute Gasteiger partial charge is 0.347 e. The number of benzene rings is 1. The first kappa shape index (κ1) is 13.8. The van der Waals surface area contributed by atoms with E-state index in [0.717, 1.165) is 0 Å². The molecule has 0 spiro atoms. The first-order chi connectivity index (χ1) is 8.60. The molecule has 0 saturated heterocycles. The van der Waals surface area contributed by atoms with Gasteiger partial charge in [0.25, 0.3) is 0 Å². The summed E-state index contributed by atoms with van der Waals surface area (Å²) >= 11 is 0. The number of aliphatic carboxylic acids is 1. The van der Waals surface area contributed by atoms with Crippen molar-refractivity contribution in [3.63, 3.8) is 0 Å². The van der Waals surface area contributed by atoms with E-state index in [9.17, 15) is 4.79 Å². The van der Waals surface area contributed by atoms with E-state index in [2.05, 4.69) is 0 Å². The van der Waals surface area contributed by atoms with Gasteiger partial charge in [0.2, 0.25) is 6.10 Å². The molecule has 0 aliphatic rings. The molecule has 0 saturated carbocycles. The van der Waals surface area contributed by atoms with Gasteiger partial charge in [-0.1, -0.05) is 0 Å². The van der Waals surface area contributed by atoms with E-state index in [-0.39, 0.29) is 12.4 Å². The Balaban J connectivity index is 2.95. The Kier molecular flexibility index (Phi) is 4.96. The van der Waals surface area contributed by atoms with Crippen LogP contribution in [0.1, 0.15) is 5.56 Å². The molecule has 0 radical (unpaired) electrons. The Bertz CT molecular complexity index is 466. The number of ether oxygens (including phenoxy) is 3. The third-order valence-electron chi connectivity index (χ3n) is 2.12. The second-order valence-corrected chi connectivity index (χ2v) is 3.41. The van der Waals surface area contributed by atoms with Crippen LogP contribution in [0.3, 0.4) is 0 Å². The zero-order valence-electron chi connectivity index (χ0n) is 10.0. The summed E-state index contributed by atoms with van der Waals surface area (Å²) in [6.07, 6.45) is -1.13. The molecule has 1 aromatic carbocycles. The predicted octanol–water partition coefficient (Wildman–Crippen LogP) is 1.05. The molecule has 18 heavy (non-hydrogen) atoms. The minimum Gasteiger partial charge on any atom is -0.497 e. The molecule has 6 nitrogen and oxygen atoms in total. The van der Waals surface area contributed by atoms with Crippen molar-refractivity contribution in [3.8, 4) is 17.6 Å². The average Bonchev–Trinajstić information content (AvgIpc) is 2.37. The molecule has 0 bridgehead atoms. The van der Waals surface area contributed by atoms with Crippen LogP contribution in [0.4, 0.5) is 0 Å². The molecular formula is C12H13NO5. The van der Waals surface area contributed by atoms with Crippen molar-refractivity contribution in [2.75, 3.05) is 20.8 Å². The summed E-state index contributed by atoms with van der Waals surface area (Å²) in [6.45, 7) is -0.0889. The summed E-state index contributed by atoms with van der Waals surface area (Å²) in [5.74, 6) is -0.473. The number of carbonyl (C=O) groups is 1. The zero-order chi connectivity index (χ0) is 13.5. The van der Waals surface area contributed by atoms with E-state index in [0.29, 0.717) is 11.3 Å². The Morgan fingerprint density at radius 3 is 2.56 bits per heavy atom. The van der Waals surface area contributed by atoms with Gasteiger partial charge in [0, 0.05) is 13.2 Å². The van der Waals surface area contributed by atoms with Crippen molar-refractivity contribution in [2.24, 2.45) is 0 Å². The van der Waals surface area contributed by atoms with Crippen LogP contribution in [-0.4, -0.2) is 38.0 Å². The maximum Gasteiger partial charge on any atom is 0.347 e. The van der Waals surface area contributed by atoms with E-state index in [4.69, 9.17) is 24.6 Å². The van der Waals surface area contributed by atoms with Gasteiger partial charge >= 0.3 is 5.97 Å². The van der Waals surface area contributed by atoms with Crippen molar-refractivity contribution in [1.29, 1.82) is 5.26 Å². The summed E-state index contributed by atoms with van der Waals surface area (Å²) < 4.78 is 15.0. The topological polar surface area (TPSA) is 88.8 Å². The molecule has 1 rings (SSSR count). The second kappa shape index (κ2) is 6.47. The van der Waals surface area contributed by atoms with Gasteiger partial charge in [-0.25, -0.2) is 4.79 Å². The fourth-order valence-corrected chi connectivity index (χ4v) is 1.29. The van der Waals surface area contributed by atoms with Gasteiger partial charge in [0.1, 0.15) is 11.5 Å². The number of hydrogen-bond acceptors (Lipinski definition) is 5. The monoisotopic (exact) mass is 251 g/mol. The lowest BCUT2D eigenvalue weighted by Gasteiger charge is -2.15. The molecule has 1 atom stereocenters. The summed E-state index contributed by atoms with van der Waals surface area (Å²) in [7, 11) is 2.83. The molecule has 0 aromatic heterocycles. The van der Waals surface area contributed by atoms with Crippen LogP contribution in [0.5, 0.6) is 11.5 Å². The van der Waals surface area contributed by atoms with Crippen molar-refractivity contribution in [1.82, 2.24) is 0 Å². The van der Waals surface area contributed by atoms with E-state index in [1.165, 1.54) is 32.4 Å². The number of nitriles is 1. The van der Waals surface area contributed by atoms with Gasteiger partial charge in [0.05, 0.1) is 25.3 Å². The molecule has 0 amide bonds. The average molecular weight is 251 g/mol. The van der Waals surface area contributed by atoms with Gasteiger partial charge in [-0.05, 0) is 12.1 Å². The van der Waals surface area contributed by atoms with E-state index in [1.807, 2.05) is 6.07 Å². The fraction of sp³-hybridized carbons (Fsp3) is 0.333. The predicted molar refractivity (Wildman–Crippen MR) is 61.6 cm³/mol. The van der Waals surface area contributed by atoms with Gasteiger partial charge in [-0.3, -0.25) is 0 Å². The summed E-state index contributed by atoms with van der Waals surface area (Å²) in [5.41, 5.74) is 0.325. The van der Waals surface area contributed by atoms with Crippen LogP contribution in [0.2, 0.25) is 0 Å². The Morgan fingerprint density at radius 1 is 1.39 bits per heavy atom. The molecule has 0 aliphatic carbocycles. The molecule has 0 heterocycles. The molecule has 0 fully saturated rings. The second-order valence-electron chi connectivity index (χ2n) is 3.41. The Morgan fingerprint density at radius 2 is 2.06 bits per heavy atom. The standard InChI is InChI=1S/C12H13NO5/c1-16-7-11(12(14)15)18-10-4-8(6-13)3-9(5-10)17-2/h3-5,11H,7H2,1-2H3,(H,14,15). The number of hydrogen-bond donors (Lipinski definition) is 1. The molecule has 1 N–H and O–H groups in total. The zero-order valence-corrected chi connectivity index (χ0v) is 10.0. The van der Waals surface area contributed by atoms with E-state index >= 15 is 0 Å². The molecule has 0 aliphatic heterocycles. The summed E-state index contributed by atoms with van der Waals surface area (Å²) in [6, 6.07) is 6.41. The summed E-state index contributed by atoms with van der Waals surface area (Å²) in [4.78, 5) is 10.9. The van der Waals surface area contributed by atoms with Crippen molar-refractivity contribution in [3.05, 3.63) is 23.8 Å². The molecular weight excluding hydrogens is 238 g/mol. The van der Waals surface area contributed by atoms with Crippen LogP contribution in [0.25, 0.3) is 0 Å². The highest BCUT2D eigenvalue weighted by atomic mass is 16.5. The van der Waals surface area contributed by atoms with Crippen LogP contribution in [-0.2, 0) is 9.53 Å². The maximum absolute atomic E-state index is 10.9. The van der Waals surface area contributed by atoms with E-state index < -0.39 is 12.1 Å². The van der Waals surface area contributed by atoms with Gasteiger partial charge in [-0.15, -0.1) is 0 Å². The van der Waals surface area contributed by atoms with Crippen molar-refractivity contribution in [2.45, 2.75) is 6.10 Å². The largest absolute Gasteiger partial charge is 0.497 e. The number of methoxy groups -OCH3 is 2. The van der Waals surface area contributed by atoms with Gasteiger partial charge in [-0.2, -0.15) is 5.26 Å². The SMILES string of the molecule is COCC(Oc1cc(C#N)cc(OC)c1)C(=O)O. The van der Waals surface area contributed by atoms with Gasteiger partial charge in [0.15, 0.2) is 0 Å². The lowest BCUT2D eigenvalue weighted by molar-refractivity contribution is -0.147. The highest BCUT2D eigenvalue weighted by Gasteiger charge is 2.19. The molecule has 96 valence electrons. The van der Waals surface area contributed by atoms with Crippen LogP contribution >= 0.6 is 0 Å². The van der Waals surface area contributed by atoms with Gasteiger partial charge < -0.3 is 19.3 Å². The minimum absolute atomic E-state index is 0.0889. The first-order valence-corrected chi connectivity index (χ1v) is 5.08. The first-order valence-electron chi connectivity index (χ1n) is 5.08. The Labute approximate surface area is 104 Å². The van der Waals surface area contributed by atoms with Crippen LogP contribution in [0, 0.1) is 11.3 Å². The lowest BCUT2D eigenvalue weighted by atomic mass is 10.2. The number of rotatable bonds is 6. The van der Waals surface area contributed by atoms with Crippen molar-refractivity contribution >= 4 is 5.97 Å². The third kappa shape index (κ3) is 3.64. The van der Waals surface area contributed by atoms with Crippen LogP contribution < -0.4 is 9.47 Å². The Hall–Kier alpha value is -2.26. The molecule has 1 unspecified atom stereocenters. The number of carboxylic acids is 1. The highest BCUT2D eigenvalue weighted by Crippen LogP contribution is 2.23. The lowest BCUT2D eigenvalue weighted by Crippen LogP contribution is -2.31. The third-order valence-corrected chi connectivity index (χ3v) is 2.12. The molecule has 1 aromatic rings. The minimum atomic E-state index is -1.14. The van der Waals surface area contributed by atoms with Crippen molar-refractivity contribution < 1.29 is 24.1 Å².